The molecule has 3 radical (unpaired) electrons. The van der Waals surface area contributed by atoms with Gasteiger partial charge < -0.3 is 82.9 Å². The molecule has 0 spiro atoms. The van der Waals surface area contributed by atoms with Crippen molar-refractivity contribution in [1.29, 1.82) is 0 Å². The van der Waals surface area contributed by atoms with E-state index in [0.29, 0.717) is 114 Å². The number of aryl methyl sites for hydroxylation is 2. The van der Waals surface area contributed by atoms with E-state index in [9.17, 15) is 69.5 Å². The molecular formula is C102H128F8N12O18V3-2. The number of ether oxygens (including phenoxy) is 9. The first kappa shape index (κ1) is 111. The van der Waals surface area contributed by atoms with Gasteiger partial charge in [0, 0.05) is 139 Å². The first-order chi connectivity index (χ1) is 66.2. The molecule has 777 valence electrons. The third-order valence-corrected chi connectivity index (χ3v) is 31.4. The summed E-state index contributed by atoms with van der Waals surface area (Å²) >= 11 is 0. The molecule has 6 amide bonds. The Morgan fingerprint density at radius 2 is 0.776 bits per heavy atom. The first-order valence-corrected chi connectivity index (χ1v) is 49.3. The first-order valence-electron chi connectivity index (χ1n) is 49.3. The standard InChI is InChI=1S/C35H46F2N4O6.C34H41F4N4O6.C33H41F2N4O6.3V/c1-7-20-27-17-41(29(20)18(2)42)32(43)30(34(3,4)5)40-33(44)47-26-16-22-28(35(22,36)37)21(26)11-9-8-10-12-24-31(46-27)39-25-15-19(45-6)13-14-23(25)38-24;1-6-18-23(16-43)42-15-25(18)47-29-27(39-21-11-10-17(46-5)13-22(21)40-29)33(35,36)12-8-7-9-19-24(14-20-26(19)34(20,37)38)48-31(45)41-28(30(42)44)32(2,3)4;1-17-24(16-40)39-15-26(17)44-29-22(36-21-12-11-18(43-5)13-23(21)37-29)10-8-6-7-9-19-25(14-20-27(19)33(20,34)35)45-31(42)38-28(30(39)41)32(2,3)4;;;/h13-15,20-22,26-30H,7-12,16-17H2,1-6H3,(H,40,44);10-11,13,18-20,23-26,28H,6-9,12,14-15H2,1-5H3,(H,41,45);11-13,17,19-20,24-28H,6-10,14-15H2,1-5H3,(H,38,42);;;/q;2*-1;;;/t20-,21+,22?,26-,27+,28?,29-,30-;18-,19-,20?,23+,24+,25-,26?,28+;17-,19-,20?,24+,25+,26-,27?,28+;;;/m100.../s1. The number of hydrogen-bond donors (Lipinski definition) is 3. The number of hydrogen-bond acceptors (Lipinski definition) is 24. The summed E-state index contributed by atoms with van der Waals surface area (Å²) in [6, 6.07) is 9.42. The molecule has 6 aliphatic heterocycles. The quantitative estimate of drug-likeness (QED) is 0.0724. The number of Topliss-reactive ketones (excluding diaryl/α,β-unsaturated/α-hetero) is 1. The topological polar surface area (TPSA) is 360 Å². The molecule has 6 aliphatic carbocycles. The average Bonchev–Trinajstić information content (AvgIpc) is 1.54. The number of nitrogens with zero attached hydrogens (tertiary/aromatic N) is 9. The van der Waals surface area contributed by atoms with Gasteiger partial charge in [-0.1, -0.05) is 134 Å². The number of methoxy groups -OCH3 is 3. The van der Waals surface area contributed by atoms with Crippen LogP contribution in [0.15, 0.2) is 54.6 Å². The Labute approximate surface area is 862 Å². The molecule has 6 unspecified atom stereocenters. The van der Waals surface area contributed by atoms with Crippen LogP contribution in [0.3, 0.4) is 0 Å². The molecule has 9 fully saturated rings. The van der Waals surface area contributed by atoms with Crippen molar-refractivity contribution in [2.45, 2.75) is 309 Å². The number of alkyl carbamates (subject to hydrolysis) is 3. The van der Waals surface area contributed by atoms with Crippen LogP contribution in [0.1, 0.15) is 216 Å². The second kappa shape index (κ2) is 43.4. The third kappa shape index (κ3) is 22.5. The molecule has 3 aromatic heterocycles. The third-order valence-electron chi connectivity index (χ3n) is 31.4. The van der Waals surface area contributed by atoms with Crippen LogP contribution < -0.4 is 44.4 Å². The minimum Gasteiger partial charge on any atom is -0.540 e. The van der Waals surface area contributed by atoms with Gasteiger partial charge in [0.15, 0.2) is 11.5 Å². The van der Waals surface area contributed by atoms with E-state index in [-0.39, 0.29) is 137 Å². The van der Waals surface area contributed by atoms with Gasteiger partial charge in [0.1, 0.15) is 83.4 Å². The summed E-state index contributed by atoms with van der Waals surface area (Å²) in [4.78, 5) is 152. The van der Waals surface area contributed by atoms with Crippen molar-refractivity contribution in [3.05, 3.63) is 71.7 Å². The van der Waals surface area contributed by atoms with Gasteiger partial charge in [-0.05, 0) is 148 Å². The van der Waals surface area contributed by atoms with Crippen molar-refractivity contribution in [1.82, 2.24) is 60.6 Å². The molecule has 3 N–H and O–H groups in total. The van der Waals surface area contributed by atoms with E-state index in [4.69, 9.17) is 62.6 Å². The molecule has 30 nitrogen and oxygen atoms in total. The second-order valence-corrected chi connectivity index (χ2v) is 43.4. The summed E-state index contributed by atoms with van der Waals surface area (Å²) in [6.45, 7) is 23.1. The number of carbonyl (C=O) groups excluding carboxylic acids is 9. The molecule has 6 aromatic rings. The van der Waals surface area contributed by atoms with Gasteiger partial charge in [-0.15, -0.1) is 0 Å². The fourth-order valence-electron chi connectivity index (χ4n) is 23.6. The number of amides is 6. The van der Waals surface area contributed by atoms with Crippen LogP contribution in [-0.4, -0.2) is 231 Å². The monoisotopic (exact) mass is 2110 g/mol. The number of carbonyl (C=O) groups is 7. The zero-order chi connectivity index (χ0) is 101. The van der Waals surface area contributed by atoms with E-state index < -0.39 is 232 Å². The SMILES string of the molecule is CC[C@@H]1[C@@H]2CN(C(=O)[C@H](C(C)(C)C)NC(=O)O[C@@H]3CC4C([C@H]3CCCCC(F)(F)c3nc5ccc(OC)cc5nc3O2)C4(F)F)[C@@H]1[C-]=O.CC[C@@H]1[C@@H]2CN(C(=O)[C@H](C(C)(C)C)NC(=O)O[C@@H]3CC4C([C@H]3CCCCCc3nc5ccc(OC)cc5nc3O2)C4(F)F)[C@@H]1C(C)=O.COc1ccc2nc3c(nc2c1)O[C@H]1CN(C(=O)[C@H](C(C)(C)C)NC(=O)O[C@@H]2CC4C([C@H]2CCCCC3)C4(F)F)[C@H]([C-]=O)[C@@H]1C.[V].[V].[V]. The molecular weight excluding hydrogens is 1990 g/mol. The molecule has 3 aromatic carbocycles. The van der Waals surface area contributed by atoms with E-state index in [1.807, 2.05) is 71.5 Å². The van der Waals surface area contributed by atoms with Crippen molar-refractivity contribution in [2.24, 2.45) is 87.3 Å². The van der Waals surface area contributed by atoms with Crippen molar-refractivity contribution < 1.29 is 177 Å². The summed E-state index contributed by atoms with van der Waals surface area (Å²) in [5, 5.41) is 8.14. The van der Waals surface area contributed by atoms with E-state index in [2.05, 4.69) is 25.9 Å². The molecule has 18 rings (SSSR count). The van der Waals surface area contributed by atoms with Crippen LogP contribution in [-0.2, 0) is 117 Å². The number of benzene rings is 3. The zero-order valence-electron chi connectivity index (χ0n) is 83.3. The van der Waals surface area contributed by atoms with Crippen LogP contribution >= 0.6 is 0 Å². The van der Waals surface area contributed by atoms with Gasteiger partial charge in [-0.2, -0.15) is 8.78 Å². The number of halogens is 8. The number of fused-ring (bicyclic) bond motifs is 21. The molecule has 9 heterocycles. The summed E-state index contributed by atoms with van der Waals surface area (Å²) in [6.07, 6.45) is 4.36. The van der Waals surface area contributed by atoms with Crippen molar-refractivity contribution >= 4 is 87.5 Å². The van der Waals surface area contributed by atoms with Crippen molar-refractivity contribution in [3.8, 4) is 34.9 Å². The van der Waals surface area contributed by atoms with Gasteiger partial charge in [-0.3, -0.25) is 19.2 Å². The van der Waals surface area contributed by atoms with Crippen LogP contribution in [0, 0.1) is 87.3 Å². The Balaban J connectivity index is 0.000000178. The Hall–Kier alpha value is -9.10. The number of nitrogens with one attached hydrogen (secondary N) is 3. The van der Waals surface area contributed by atoms with Crippen molar-refractivity contribution in [3.63, 3.8) is 0 Å². The summed E-state index contributed by atoms with van der Waals surface area (Å²) in [5.74, 6) is -19.8. The van der Waals surface area contributed by atoms with E-state index in [0.717, 1.165) is 25.7 Å². The molecule has 143 heavy (non-hydrogen) atoms. The predicted molar refractivity (Wildman–Crippen MR) is 494 cm³/mol. The maximum atomic E-state index is 16.1. The number of aromatic nitrogens is 6. The van der Waals surface area contributed by atoms with Crippen LogP contribution in [0.4, 0.5) is 49.5 Å². The number of rotatable bonds is 8. The van der Waals surface area contributed by atoms with Gasteiger partial charge in [0.25, 0.3) is 23.7 Å². The summed E-state index contributed by atoms with van der Waals surface area (Å²) in [5.41, 5.74) is 1.20. The minimum atomic E-state index is -3.53. The fourth-order valence-corrected chi connectivity index (χ4v) is 23.6. The zero-order valence-corrected chi connectivity index (χ0v) is 87.5. The Bertz CT molecular complexity index is 5710. The van der Waals surface area contributed by atoms with Crippen LogP contribution in [0.5, 0.6) is 34.9 Å². The van der Waals surface area contributed by atoms with Gasteiger partial charge in [0.2, 0.25) is 35.4 Å². The normalized spacial score (nSPS) is 32.4. The molecule has 24 atom stereocenters. The van der Waals surface area contributed by atoms with E-state index in [1.54, 1.807) is 80.9 Å². The average molecular weight is 2120 g/mol. The molecule has 41 heteroatoms. The summed E-state index contributed by atoms with van der Waals surface area (Å²) in [7, 11) is 4.60. The maximum absolute atomic E-state index is 16.1. The molecule has 3 saturated heterocycles. The second-order valence-electron chi connectivity index (χ2n) is 43.4. The predicted octanol–water partition coefficient (Wildman–Crippen LogP) is 16.4. The number of ketones is 1. The van der Waals surface area contributed by atoms with Crippen molar-refractivity contribution in [2.75, 3.05) is 41.0 Å². The Morgan fingerprint density at radius 3 is 1.15 bits per heavy atom. The van der Waals surface area contributed by atoms with E-state index in [1.165, 1.54) is 40.9 Å². The molecule has 12 aliphatic rings. The fraction of sp³-hybridized carbons (Fsp3) is 0.676. The van der Waals surface area contributed by atoms with Gasteiger partial charge in [-0.25, -0.2) is 83.2 Å². The largest absolute Gasteiger partial charge is 0.540 e. The van der Waals surface area contributed by atoms with Gasteiger partial charge in [0.05, 0.1) is 80.1 Å². The molecule has 6 saturated carbocycles. The van der Waals surface area contributed by atoms with E-state index >= 15 is 8.78 Å². The van der Waals surface area contributed by atoms with Crippen LogP contribution in [0.25, 0.3) is 33.1 Å². The number of alkyl halides is 8. The summed E-state index contributed by atoms with van der Waals surface area (Å²) < 4.78 is 172. The maximum Gasteiger partial charge on any atom is 0.408 e. The minimum absolute atomic E-state index is 0. The van der Waals surface area contributed by atoms with Gasteiger partial charge >= 0.3 is 18.3 Å². The van der Waals surface area contributed by atoms with Crippen LogP contribution in [0.2, 0.25) is 0 Å². The molecule has 6 bridgehead atoms. The Morgan fingerprint density at radius 1 is 0.434 bits per heavy atom. The Kier molecular flexibility index (Phi) is 33.7. The smallest absolute Gasteiger partial charge is 0.408 e.